The van der Waals surface area contributed by atoms with Crippen LogP contribution in [0.1, 0.15) is 18.2 Å². The minimum Gasteiger partial charge on any atom is -0.394 e. The summed E-state index contributed by atoms with van der Waals surface area (Å²) < 4.78 is 7.36. The number of rotatable bonds is 3. The topological polar surface area (TPSA) is 97.8 Å². The number of nitro groups is 1. The van der Waals surface area contributed by atoms with Gasteiger partial charge in [0.25, 0.3) is 5.69 Å². The maximum atomic E-state index is 10.9. The molecule has 1 fully saturated rings. The number of hydrogen-bond acceptors (Lipinski definition) is 5. The highest BCUT2D eigenvalue weighted by molar-refractivity contribution is 5.88. The van der Waals surface area contributed by atoms with E-state index >= 15 is 0 Å². The summed E-state index contributed by atoms with van der Waals surface area (Å²) in [4.78, 5) is 10.4. The summed E-state index contributed by atoms with van der Waals surface area (Å²) in [6.45, 7) is -0.273. The Labute approximate surface area is 125 Å². The second-order valence-electron chi connectivity index (χ2n) is 5.17. The van der Waals surface area contributed by atoms with E-state index in [-0.39, 0.29) is 12.3 Å². The SMILES string of the molecule is C#Cc1cn([C@H]2C[C@@H](O)[C@@H](CO)O2)c2ccc([N+](=O)[O-])cc12. The van der Waals surface area contributed by atoms with Crippen molar-refractivity contribution < 1.29 is 19.9 Å². The molecule has 1 aliphatic heterocycles. The zero-order valence-corrected chi connectivity index (χ0v) is 11.5. The van der Waals surface area contributed by atoms with Gasteiger partial charge in [-0.25, -0.2) is 0 Å². The largest absolute Gasteiger partial charge is 0.394 e. The molecule has 1 aliphatic rings. The summed E-state index contributed by atoms with van der Waals surface area (Å²) in [6, 6.07) is 4.43. The summed E-state index contributed by atoms with van der Waals surface area (Å²) in [7, 11) is 0. The van der Waals surface area contributed by atoms with E-state index in [2.05, 4.69) is 5.92 Å². The van der Waals surface area contributed by atoms with Gasteiger partial charge in [0.15, 0.2) is 0 Å². The molecular weight excluding hydrogens is 288 g/mol. The van der Waals surface area contributed by atoms with Gasteiger partial charge in [-0.15, -0.1) is 6.42 Å². The molecule has 1 aromatic heterocycles. The molecule has 2 aromatic rings. The van der Waals surface area contributed by atoms with Crippen molar-refractivity contribution in [3.8, 4) is 12.3 Å². The van der Waals surface area contributed by atoms with E-state index in [9.17, 15) is 15.2 Å². The molecule has 2 N–H and O–H groups in total. The molecule has 3 atom stereocenters. The molecule has 2 heterocycles. The first-order valence-corrected chi connectivity index (χ1v) is 6.75. The van der Waals surface area contributed by atoms with Crippen LogP contribution in [0.25, 0.3) is 10.9 Å². The van der Waals surface area contributed by atoms with Gasteiger partial charge in [0.05, 0.1) is 28.7 Å². The monoisotopic (exact) mass is 302 g/mol. The second kappa shape index (κ2) is 5.42. The Morgan fingerprint density at radius 1 is 1.55 bits per heavy atom. The average Bonchev–Trinajstić information content (AvgIpc) is 3.06. The number of non-ortho nitro benzene ring substituents is 1. The summed E-state index contributed by atoms with van der Waals surface area (Å²) >= 11 is 0. The van der Waals surface area contributed by atoms with Crippen LogP contribution in [0.3, 0.4) is 0 Å². The van der Waals surface area contributed by atoms with E-state index < -0.39 is 23.4 Å². The molecular formula is C15H14N2O5. The van der Waals surface area contributed by atoms with Gasteiger partial charge in [0.2, 0.25) is 0 Å². The molecule has 0 aliphatic carbocycles. The number of nitrogens with zero attached hydrogens (tertiary/aromatic N) is 2. The number of terminal acetylenes is 1. The second-order valence-corrected chi connectivity index (χ2v) is 5.17. The highest BCUT2D eigenvalue weighted by Gasteiger charge is 2.35. The molecule has 7 nitrogen and oxygen atoms in total. The molecule has 0 spiro atoms. The average molecular weight is 302 g/mol. The number of hydrogen-bond donors (Lipinski definition) is 2. The van der Waals surface area contributed by atoms with Crippen LogP contribution in [0.15, 0.2) is 24.4 Å². The first-order valence-electron chi connectivity index (χ1n) is 6.75. The third kappa shape index (κ3) is 2.23. The van der Waals surface area contributed by atoms with Crippen molar-refractivity contribution in [1.29, 1.82) is 0 Å². The van der Waals surface area contributed by atoms with Crippen molar-refractivity contribution in [2.75, 3.05) is 6.61 Å². The first-order chi connectivity index (χ1) is 10.5. The maximum absolute atomic E-state index is 10.9. The predicted octanol–water partition coefficient (Wildman–Crippen LogP) is 1.17. The third-order valence-electron chi connectivity index (χ3n) is 3.88. The summed E-state index contributed by atoms with van der Waals surface area (Å²) in [5.41, 5.74) is 1.17. The van der Waals surface area contributed by atoms with Crippen LogP contribution in [-0.2, 0) is 4.74 Å². The quantitative estimate of drug-likeness (QED) is 0.504. The molecule has 0 bridgehead atoms. The van der Waals surface area contributed by atoms with E-state index in [1.807, 2.05) is 0 Å². The minimum atomic E-state index is -0.764. The van der Waals surface area contributed by atoms with Crippen LogP contribution >= 0.6 is 0 Å². The molecule has 3 rings (SSSR count). The van der Waals surface area contributed by atoms with Crippen molar-refractivity contribution in [3.05, 3.63) is 40.1 Å². The van der Waals surface area contributed by atoms with Gasteiger partial charge in [-0.1, -0.05) is 5.92 Å². The normalized spacial score (nSPS) is 24.5. The number of aliphatic hydroxyl groups is 2. The van der Waals surface area contributed by atoms with E-state index in [0.717, 1.165) is 0 Å². The molecule has 1 saturated heterocycles. The number of aromatic nitrogens is 1. The van der Waals surface area contributed by atoms with Crippen LogP contribution in [0.4, 0.5) is 5.69 Å². The van der Waals surface area contributed by atoms with Gasteiger partial charge in [0.1, 0.15) is 12.3 Å². The lowest BCUT2D eigenvalue weighted by Crippen LogP contribution is -2.24. The number of benzene rings is 1. The van der Waals surface area contributed by atoms with Gasteiger partial charge in [-0.3, -0.25) is 10.1 Å². The lowest BCUT2D eigenvalue weighted by Gasteiger charge is -2.14. The lowest BCUT2D eigenvalue weighted by atomic mass is 10.1. The van der Waals surface area contributed by atoms with Crippen LogP contribution in [0.2, 0.25) is 0 Å². The molecule has 22 heavy (non-hydrogen) atoms. The molecule has 114 valence electrons. The highest BCUT2D eigenvalue weighted by atomic mass is 16.6. The number of nitro benzene ring substituents is 1. The van der Waals surface area contributed by atoms with Crippen molar-refractivity contribution >= 4 is 16.6 Å². The van der Waals surface area contributed by atoms with Crippen LogP contribution in [0.5, 0.6) is 0 Å². The summed E-state index contributed by atoms with van der Waals surface area (Å²) in [6.07, 6.45) is 5.58. The van der Waals surface area contributed by atoms with Crippen molar-refractivity contribution in [2.45, 2.75) is 24.9 Å². The Bertz CT molecular complexity index is 776. The van der Waals surface area contributed by atoms with E-state index in [4.69, 9.17) is 16.3 Å². The Balaban J connectivity index is 2.08. The van der Waals surface area contributed by atoms with Crippen LogP contribution in [0, 0.1) is 22.5 Å². The Hall–Kier alpha value is -2.40. The lowest BCUT2D eigenvalue weighted by molar-refractivity contribution is -0.384. The fourth-order valence-corrected chi connectivity index (χ4v) is 2.76. The molecule has 7 heteroatoms. The molecule has 0 saturated carbocycles. The maximum Gasteiger partial charge on any atom is 0.270 e. The number of aliphatic hydroxyl groups excluding tert-OH is 2. The summed E-state index contributed by atoms with van der Waals surface area (Å²) in [5, 5.41) is 30.5. The van der Waals surface area contributed by atoms with Gasteiger partial charge in [-0.05, 0) is 6.07 Å². The third-order valence-corrected chi connectivity index (χ3v) is 3.88. The van der Waals surface area contributed by atoms with Crippen LogP contribution in [-0.4, -0.2) is 38.5 Å². The van der Waals surface area contributed by atoms with Gasteiger partial charge < -0.3 is 19.5 Å². The molecule has 1 aromatic carbocycles. The smallest absolute Gasteiger partial charge is 0.270 e. The highest BCUT2D eigenvalue weighted by Crippen LogP contribution is 2.34. The van der Waals surface area contributed by atoms with E-state index in [1.54, 1.807) is 16.8 Å². The minimum absolute atomic E-state index is 0.0395. The summed E-state index contributed by atoms with van der Waals surface area (Å²) in [5.74, 6) is 2.51. The molecule has 0 radical (unpaired) electrons. The molecule has 0 unspecified atom stereocenters. The number of fused-ring (bicyclic) bond motifs is 1. The first kappa shape index (κ1) is 14.5. The molecule has 0 amide bonds. The van der Waals surface area contributed by atoms with Crippen LogP contribution < -0.4 is 0 Å². The van der Waals surface area contributed by atoms with Gasteiger partial charge >= 0.3 is 0 Å². The van der Waals surface area contributed by atoms with Gasteiger partial charge in [-0.2, -0.15) is 0 Å². The van der Waals surface area contributed by atoms with Crippen molar-refractivity contribution in [3.63, 3.8) is 0 Å². The fourth-order valence-electron chi connectivity index (χ4n) is 2.76. The van der Waals surface area contributed by atoms with Gasteiger partial charge in [0, 0.05) is 30.1 Å². The predicted molar refractivity (Wildman–Crippen MR) is 78.1 cm³/mol. The van der Waals surface area contributed by atoms with E-state index in [0.29, 0.717) is 22.9 Å². The van der Waals surface area contributed by atoms with Crippen molar-refractivity contribution in [2.24, 2.45) is 0 Å². The number of ether oxygens (including phenoxy) is 1. The Morgan fingerprint density at radius 3 is 2.91 bits per heavy atom. The van der Waals surface area contributed by atoms with Crippen molar-refractivity contribution in [1.82, 2.24) is 4.57 Å². The Morgan fingerprint density at radius 2 is 2.32 bits per heavy atom. The zero-order valence-electron chi connectivity index (χ0n) is 11.5. The standard InChI is InChI=1S/C15H14N2O5/c1-2-9-7-16(15-6-13(19)14(8-18)22-15)12-4-3-10(17(20)21)5-11(9)12/h1,3-5,7,13-15,18-19H,6,8H2/t13-,14-,15-/m1/s1. The Kier molecular flexibility index (Phi) is 3.58. The zero-order chi connectivity index (χ0) is 15.9. The fraction of sp³-hybridized carbons (Fsp3) is 0.333. The van der Waals surface area contributed by atoms with E-state index in [1.165, 1.54) is 12.1 Å².